The van der Waals surface area contributed by atoms with E-state index in [9.17, 15) is 14.9 Å². The first-order chi connectivity index (χ1) is 12.5. The van der Waals surface area contributed by atoms with Crippen molar-refractivity contribution in [2.75, 3.05) is 20.3 Å². The molecule has 2 aromatic carbocycles. The van der Waals surface area contributed by atoms with E-state index in [-0.39, 0.29) is 5.69 Å². The number of aliphatic carboxylic acids is 1. The van der Waals surface area contributed by atoms with Crippen molar-refractivity contribution in [2.45, 2.75) is 0 Å². The number of benzene rings is 2. The molecule has 8 nitrogen and oxygen atoms in total. The average molecular weight is 359 g/mol. The Morgan fingerprint density at radius 2 is 1.85 bits per heavy atom. The van der Waals surface area contributed by atoms with Crippen molar-refractivity contribution >= 4 is 17.7 Å². The predicted octanol–water partition coefficient (Wildman–Crippen LogP) is 3.51. The van der Waals surface area contributed by atoms with E-state index < -0.39 is 10.9 Å². The number of nitro benzene ring substituents is 1. The smallest absolute Gasteiger partial charge is 0.328 e. The van der Waals surface area contributed by atoms with Gasteiger partial charge in [-0.3, -0.25) is 10.1 Å². The van der Waals surface area contributed by atoms with Gasteiger partial charge in [0.05, 0.1) is 11.5 Å². The lowest BCUT2D eigenvalue weighted by Gasteiger charge is -2.12. The first kappa shape index (κ1) is 18.9. The first-order valence-corrected chi connectivity index (χ1v) is 7.58. The Bertz CT molecular complexity index is 800. The maximum Gasteiger partial charge on any atom is 0.328 e. The van der Waals surface area contributed by atoms with E-state index in [4.69, 9.17) is 19.3 Å². The van der Waals surface area contributed by atoms with Crippen LogP contribution in [0, 0.1) is 10.1 Å². The molecule has 2 rings (SSSR count). The zero-order valence-corrected chi connectivity index (χ0v) is 14.0. The minimum absolute atomic E-state index is 0.0556. The lowest BCUT2D eigenvalue weighted by Crippen LogP contribution is -2.04. The van der Waals surface area contributed by atoms with Gasteiger partial charge in [-0.15, -0.1) is 0 Å². The minimum atomic E-state index is -1.09. The monoisotopic (exact) mass is 359 g/mol. The van der Waals surface area contributed by atoms with E-state index in [2.05, 4.69) is 0 Å². The molecule has 26 heavy (non-hydrogen) atoms. The highest BCUT2D eigenvalue weighted by Gasteiger charge is 2.09. The molecule has 0 aliphatic heterocycles. The highest BCUT2D eigenvalue weighted by Crippen LogP contribution is 2.31. The Morgan fingerprint density at radius 3 is 2.46 bits per heavy atom. The van der Waals surface area contributed by atoms with Gasteiger partial charge < -0.3 is 19.3 Å². The summed E-state index contributed by atoms with van der Waals surface area (Å²) in [4.78, 5) is 21.0. The summed E-state index contributed by atoms with van der Waals surface area (Å²) >= 11 is 0. The summed E-state index contributed by atoms with van der Waals surface area (Å²) < 4.78 is 16.2. The molecule has 0 bridgehead atoms. The van der Waals surface area contributed by atoms with Crippen molar-refractivity contribution < 1.29 is 29.0 Å². The van der Waals surface area contributed by atoms with E-state index in [1.807, 2.05) is 0 Å². The van der Waals surface area contributed by atoms with Gasteiger partial charge in [0, 0.05) is 36.9 Å². The highest BCUT2D eigenvalue weighted by atomic mass is 16.6. The number of methoxy groups -OCH3 is 1. The summed E-state index contributed by atoms with van der Waals surface area (Å²) in [7, 11) is 1.56. The van der Waals surface area contributed by atoms with E-state index in [1.165, 1.54) is 30.3 Å². The molecule has 0 aromatic heterocycles. The maximum absolute atomic E-state index is 10.8. The molecule has 0 unspecified atom stereocenters. The van der Waals surface area contributed by atoms with Crippen LogP contribution < -0.4 is 9.47 Å². The predicted molar refractivity (Wildman–Crippen MR) is 93.7 cm³/mol. The van der Waals surface area contributed by atoms with Gasteiger partial charge in [0.25, 0.3) is 5.69 Å². The number of rotatable bonds is 9. The molecule has 0 aliphatic rings. The topological polar surface area (TPSA) is 108 Å². The third-order valence-corrected chi connectivity index (χ3v) is 3.22. The second-order valence-electron chi connectivity index (χ2n) is 5.07. The molecule has 1 N–H and O–H groups in total. The third kappa shape index (κ3) is 5.60. The minimum Gasteiger partial charge on any atom is -0.491 e. The normalized spacial score (nSPS) is 10.7. The zero-order valence-electron chi connectivity index (χ0n) is 14.0. The molecule has 0 aliphatic carbocycles. The molecule has 8 heteroatoms. The SMILES string of the molecule is COCCOc1ccc(/C=C/C(=O)O)c(Oc2ccc([N+](=O)[O-])cc2)c1. The number of carboxylic acid groups (broad SMARTS) is 1. The molecular weight excluding hydrogens is 342 g/mol. The van der Waals surface area contributed by atoms with E-state index in [0.29, 0.717) is 36.0 Å². The lowest BCUT2D eigenvalue weighted by atomic mass is 10.1. The molecule has 0 fully saturated rings. The molecule has 2 aromatic rings. The van der Waals surface area contributed by atoms with Crippen LogP contribution in [0.25, 0.3) is 6.08 Å². The van der Waals surface area contributed by atoms with Crippen molar-refractivity contribution in [3.05, 3.63) is 64.2 Å². The molecule has 0 atom stereocenters. The molecule has 0 spiro atoms. The van der Waals surface area contributed by atoms with Crippen LogP contribution in [-0.2, 0) is 9.53 Å². The van der Waals surface area contributed by atoms with Gasteiger partial charge in [0.2, 0.25) is 0 Å². The van der Waals surface area contributed by atoms with Gasteiger partial charge in [-0.25, -0.2) is 4.79 Å². The first-order valence-electron chi connectivity index (χ1n) is 7.58. The van der Waals surface area contributed by atoms with Crippen molar-refractivity contribution in [1.29, 1.82) is 0 Å². The summed E-state index contributed by atoms with van der Waals surface area (Å²) in [6, 6.07) is 10.5. The number of hydrogen-bond donors (Lipinski definition) is 1. The summed E-state index contributed by atoms with van der Waals surface area (Å²) in [6.07, 6.45) is 2.38. The van der Waals surface area contributed by atoms with Gasteiger partial charge in [-0.05, 0) is 30.3 Å². The standard InChI is InChI=1S/C18H17NO7/c1-24-10-11-25-16-6-2-13(3-9-18(20)21)17(12-16)26-15-7-4-14(5-8-15)19(22)23/h2-9,12H,10-11H2,1H3,(H,20,21)/b9-3+. The number of nitro groups is 1. The summed E-state index contributed by atoms with van der Waals surface area (Å²) in [5.74, 6) is 0.152. The van der Waals surface area contributed by atoms with Crippen LogP contribution in [0.3, 0.4) is 0 Å². The van der Waals surface area contributed by atoms with Gasteiger partial charge in [0.15, 0.2) is 0 Å². The van der Waals surface area contributed by atoms with Crippen LogP contribution in [0.2, 0.25) is 0 Å². The molecular formula is C18H17NO7. The van der Waals surface area contributed by atoms with Crippen LogP contribution in [0.4, 0.5) is 5.69 Å². The van der Waals surface area contributed by atoms with Crippen LogP contribution in [0.1, 0.15) is 5.56 Å². The fourth-order valence-electron chi connectivity index (χ4n) is 2.00. The molecule has 0 saturated heterocycles. The van der Waals surface area contributed by atoms with Crippen molar-refractivity contribution in [1.82, 2.24) is 0 Å². The quantitative estimate of drug-likeness (QED) is 0.316. The summed E-state index contributed by atoms with van der Waals surface area (Å²) in [5.41, 5.74) is 0.463. The van der Waals surface area contributed by atoms with E-state index >= 15 is 0 Å². The number of carboxylic acids is 1. The Hall–Kier alpha value is -3.39. The number of nitrogens with zero attached hydrogens (tertiary/aromatic N) is 1. The van der Waals surface area contributed by atoms with Crippen LogP contribution in [0.15, 0.2) is 48.5 Å². The Labute approximate surface area is 149 Å². The lowest BCUT2D eigenvalue weighted by molar-refractivity contribution is -0.384. The Morgan fingerprint density at radius 1 is 1.15 bits per heavy atom. The van der Waals surface area contributed by atoms with Crippen LogP contribution in [0.5, 0.6) is 17.2 Å². The zero-order chi connectivity index (χ0) is 18.9. The van der Waals surface area contributed by atoms with Crippen molar-refractivity contribution in [2.24, 2.45) is 0 Å². The van der Waals surface area contributed by atoms with Crippen LogP contribution in [-0.4, -0.2) is 36.3 Å². The van der Waals surface area contributed by atoms with Gasteiger partial charge in [-0.2, -0.15) is 0 Å². The van der Waals surface area contributed by atoms with Crippen molar-refractivity contribution in [3.63, 3.8) is 0 Å². The number of non-ortho nitro benzene ring substituents is 1. The Balaban J connectivity index is 2.27. The van der Waals surface area contributed by atoms with E-state index in [1.54, 1.807) is 25.3 Å². The fourth-order valence-corrected chi connectivity index (χ4v) is 2.00. The van der Waals surface area contributed by atoms with Crippen molar-refractivity contribution in [3.8, 4) is 17.2 Å². The highest BCUT2D eigenvalue weighted by molar-refractivity contribution is 5.86. The number of carbonyl (C=O) groups is 1. The molecule has 0 saturated carbocycles. The fraction of sp³-hybridized carbons (Fsp3) is 0.167. The molecule has 136 valence electrons. The molecule has 0 radical (unpaired) electrons. The second kappa shape index (κ2) is 9.19. The number of hydrogen-bond acceptors (Lipinski definition) is 6. The van der Waals surface area contributed by atoms with E-state index in [0.717, 1.165) is 6.08 Å². The Kier molecular flexibility index (Phi) is 6.69. The summed E-state index contributed by atoms with van der Waals surface area (Å²) in [6.45, 7) is 0.761. The number of ether oxygens (including phenoxy) is 3. The average Bonchev–Trinajstić information content (AvgIpc) is 2.61. The van der Waals surface area contributed by atoms with Gasteiger partial charge in [-0.1, -0.05) is 0 Å². The molecule has 0 heterocycles. The van der Waals surface area contributed by atoms with Gasteiger partial charge >= 0.3 is 5.97 Å². The van der Waals surface area contributed by atoms with Crippen LogP contribution >= 0.6 is 0 Å². The van der Waals surface area contributed by atoms with Gasteiger partial charge in [0.1, 0.15) is 23.9 Å². The third-order valence-electron chi connectivity index (χ3n) is 3.22. The summed E-state index contributed by atoms with van der Waals surface area (Å²) in [5, 5.41) is 19.5. The largest absolute Gasteiger partial charge is 0.491 e. The second-order valence-corrected chi connectivity index (χ2v) is 5.07. The molecule has 0 amide bonds. The maximum atomic E-state index is 10.8.